The second kappa shape index (κ2) is 5.16. The van der Waals surface area contributed by atoms with E-state index in [1.807, 2.05) is 24.3 Å². The smallest absolute Gasteiger partial charge is 0.375 e. The van der Waals surface area contributed by atoms with Gasteiger partial charge in [-0.3, -0.25) is 9.59 Å². The Morgan fingerprint density at radius 1 is 1.33 bits per heavy atom. The van der Waals surface area contributed by atoms with E-state index in [2.05, 4.69) is 4.98 Å². The third-order valence-electron chi connectivity index (χ3n) is 3.85. The Balaban J connectivity index is 1.96. The number of carbonyl (C=O) groups excluding carboxylic acids is 3. The molecule has 0 aliphatic heterocycles. The van der Waals surface area contributed by atoms with Crippen LogP contribution < -0.4 is 0 Å². The number of rotatable bonds is 3. The van der Waals surface area contributed by atoms with Gasteiger partial charge in [0.25, 0.3) is 5.78 Å². The number of benzene rings is 1. The zero-order valence-electron chi connectivity index (χ0n) is 11.6. The number of aryl methyl sites for hydroxylation is 1. The fourth-order valence-corrected chi connectivity index (χ4v) is 2.86. The number of ketones is 2. The summed E-state index contributed by atoms with van der Waals surface area (Å²) in [6.07, 6.45) is 0.951. The first-order chi connectivity index (χ1) is 10.1. The lowest BCUT2D eigenvalue weighted by Gasteiger charge is -2.19. The number of fused-ring (bicyclic) bond motifs is 3. The van der Waals surface area contributed by atoms with Gasteiger partial charge in [0.15, 0.2) is 5.78 Å². The molecule has 2 aromatic rings. The Bertz CT molecular complexity index is 744. The number of para-hydroxylation sites is 1. The summed E-state index contributed by atoms with van der Waals surface area (Å²) in [5.41, 5.74) is 2.26. The number of hydrogen-bond donors (Lipinski definition) is 1. The number of nitrogens with one attached hydrogen (secondary N) is 1. The summed E-state index contributed by atoms with van der Waals surface area (Å²) in [7, 11) is 0. The molecule has 1 heterocycles. The van der Waals surface area contributed by atoms with E-state index in [-0.39, 0.29) is 12.4 Å². The van der Waals surface area contributed by atoms with Crippen LogP contribution in [0, 0.1) is 5.92 Å². The lowest BCUT2D eigenvalue weighted by molar-refractivity contribution is -0.154. The minimum Gasteiger partial charge on any atom is -0.460 e. The molecule has 1 atom stereocenters. The quantitative estimate of drug-likeness (QED) is 0.532. The van der Waals surface area contributed by atoms with Gasteiger partial charge in [0.05, 0.1) is 18.2 Å². The first-order valence-electron chi connectivity index (χ1n) is 6.98. The van der Waals surface area contributed by atoms with Crippen LogP contribution in [-0.4, -0.2) is 29.1 Å². The summed E-state index contributed by atoms with van der Waals surface area (Å²) >= 11 is 0. The van der Waals surface area contributed by atoms with Gasteiger partial charge in [-0.1, -0.05) is 18.2 Å². The van der Waals surface area contributed by atoms with Gasteiger partial charge in [-0.2, -0.15) is 0 Å². The van der Waals surface area contributed by atoms with Crippen LogP contribution in [-0.2, 0) is 20.7 Å². The molecule has 1 N–H and O–H groups in total. The van der Waals surface area contributed by atoms with E-state index in [0.717, 1.165) is 16.5 Å². The van der Waals surface area contributed by atoms with E-state index >= 15 is 0 Å². The van der Waals surface area contributed by atoms with Crippen LogP contribution in [0.25, 0.3) is 10.9 Å². The molecule has 0 saturated carbocycles. The monoisotopic (exact) mass is 285 g/mol. The van der Waals surface area contributed by atoms with Crippen molar-refractivity contribution in [3.8, 4) is 0 Å². The van der Waals surface area contributed by atoms with Crippen LogP contribution in [0.15, 0.2) is 24.3 Å². The number of hydrogen-bond acceptors (Lipinski definition) is 4. The van der Waals surface area contributed by atoms with Crippen LogP contribution in [0.4, 0.5) is 0 Å². The maximum Gasteiger partial charge on any atom is 0.375 e. The van der Waals surface area contributed by atoms with Gasteiger partial charge in [-0.25, -0.2) is 4.79 Å². The van der Waals surface area contributed by atoms with E-state index in [4.69, 9.17) is 4.74 Å². The Labute approximate surface area is 121 Å². The average Bonchev–Trinajstić information content (AvgIpc) is 2.87. The molecule has 5 nitrogen and oxygen atoms in total. The largest absolute Gasteiger partial charge is 0.460 e. The van der Waals surface area contributed by atoms with Gasteiger partial charge >= 0.3 is 5.97 Å². The van der Waals surface area contributed by atoms with Crippen molar-refractivity contribution in [1.29, 1.82) is 0 Å². The fraction of sp³-hybridized carbons (Fsp3) is 0.312. The lowest BCUT2D eigenvalue weighted by Crippen LogP contribution is -2.35. The van der Waals surface area contributed by atoms with E-state index in [1.165, 1.54) is 0 Å². The number of H-pyrrole nitrogens is 1. The zero-order chi connectivity index (χ0) is 15.0. The molecule has 108 valence electrons. The third-order valence-corrected chi connectivity index (χ3v) is 3.85. The van der Waals surface area contributed by atoms with Crippen LogP contribution in [0.2, 0.25) is 0 Å². The SMILES string of the molecule is CCOC(=O)C(=O)[C@@H]1CCc2c([nH]c3ccccc23)C1=O. The highest BCUT2D eigenvalue weighted by Gasteiger charge is 2.38. The summed E-state index contributed by atoms with van der Waals surface area (Å²) in [6, 6.07) is 7.64. The van der Waals surface area contributed by atoms with Gasteiger partial charge in [0.1, 0.15) is 0 Å². The number of Topliss-reactive ketones (excluding diaryl/α,β-unsaturated/α-hetero) is 2. The Morgan fingerprint density at radius 2 is 2.10 bits per heavy atom. The van der Waals surface area contributed by atoms with Crippen LogP contribution >= 0.6 is 0 Å². The standard InChI is InChI=1S/C16H15NO4/c1-2-21-16(20)15(19)11-8-7-10-9-5-3-4-6-12(9)17-13(10)14(11)18/h3-6,11,17H,2,7-8H2,1H3/t11-/m1/s1. The summed E-state index contributed by atoms with van der Waals surface area (Å²) < 4.78 is 4.70. The van der Waals surface area contributed by atoms with Crippen molar-refractivity contribution in [1.82, 2.24) is 4.98 Å². The predicted molar refractivity (Wildman–Crippen MR) is 76.1 cm³/mol. The summed E-state index contributed by atoms with van der Waals surface area (Å²) in [4.78, 5) is 39.1. The van der Waals surface area contributed by atoms with E-state index in [0.29, 0.717) is 18.5 Å². The van der Waals surface area contributed by atoms with Crippen molar-refractivity contribution in [2.75, 3.05) is 6.61 Å². The van der Waals surface area contributed by atoms with E-state index in [1.54, 1.807) is 6.92 Å². The highest BCUT2D eigenvalue weighted by molar-refractivity contribution is 6.39. The minimum atomic E-state index is -0.926. The third kappa shape index (κ3) is 2.14. The maximum absolute atomic E-state index is 12.5. The number of aromatic amines is 1. The molecular weight excluding hydrogens is 270 g/mol. The van der Waals surface area contributed by atoms with Gasteiger partial charge in [0, 0.05) is 10.9 Å². The number of ether oxygens (including phenoxy) is 1. The van der Waals surface area contributed by atoms with Crippen molar-refractivity contribution in [2.24, 2.45) is 5.92 Å². The van der Waals surface area contributed by atoms with Crippen molar-refractivity contribution in [2.45, 2.75) is 19.8 Å². The first kappa shape index (κ1) is 13.5. The Kier molecular flexibility index (Phi) is 3.33. The normalized spacial score (nSPS) is 17.6. The zero-order valence-corrected chi connectivity index (χ0v) is 11.6. The first-order valence-corrected chi connectivity index (χ1v) is 6.98. The molecule has 0 radical (unpaired) electrons. The molecule has 0 spiro atoms. The van der Waals surface area contributed by atoms with Gasteiger partial charge < -0.3 is 9.72 Å². The van der Waals surface area contributed by atoms with E-state index < -0.39 is 17.7 Å². The number of esters is 1. The van der Waals surface area contributed by atoms with Gasteiger partial charge in [-0.15, -0.1) is 0 Å². The highest BCUT2D eigenvalue weighted by Crippen LogP contribution is 2.32. The summed E-state index contributed by atoms with van der Waals surface area (Å²) in [5.74, 6) is -2.91. The molecule has 0 fully saturated rings. The molecule has 1 aliphatic carbocycles. The van der Waals surface area contributed by atoms with Crippen LogP contribution in [0.3, 0.4) is 0 Å². The molecule has 5 heteroatoms. The van der Waals surface area contributed by atoms with Crippen molar-refractivity contribution < 1.29 is 19.1 Å². The number of aromatic nitrogens is 1. The molecule has 3 rings (SSSR count). The fourth-order valence-electron chi connectivity index (χ4n) is 2.86. The van der Waals surface area contributed by atoms with Gasteiger partial charge in [-0.05, 0) is 31.4 Å². The molecule has 0 bridgehead atoms. The topological polar surface area (TPSA) is 76.2 Å². The molecule has 1 aliphatic rings. The number of carbonyl (C=O) groups is 3. The van der Waals surface area contributed by atoms with Crippen LogP contribution in [0.1, 0.15) is 29.4 Å². The molecule has 1 aromatic heterocycles. The van der Waals surface area contributed by atoms with Crippen LogP contribution in [0.5, 0.6) is 0 Å². The second-order valence-corrected chi connectivity index (χ2v) is 5.06. The Morgan fingerprint density at radius 3 is 2.86 bits per heavy atom. The molecular formula is C16H15NO4. The summed E-state index contributed by atoms with van der Waals surface area (Å²) in [5, 5.41) is 1.00. The van der Waals surface area contributed by atoms with Gasteiger partial charge in [0.2, 0.25) is 0 Å². The maximum atomic E-state index is 12.5. The molecule has 0 unspecified atom stereocenters. The minimum absolute atomic E-state index is 0.128. The van der Waals surface area contributed by atoms with Crippen molar-refractivity contribution >= 4 is 28.4 Å². The molecule has 0 saturated heterocycles. The highest BCUT2D eigenvalue weighted by atomic mass is 16.5. The van der Waals surface area contributed by atoms with E-state index in [9.17, 15) is 14.4 Å². The van der Waals surface area contributed by atoms with Crippen molar-refractivity contribution in [3.63, 3.8) is 0 Å². The summed E-state index contributed by atoms with van der Waals surface area (Å²) in [6.45, 7) is 1.76. The molecule has 0 amide bonds. The lowest BCUT2D eigenvalue weighted by atomic mass is 9.83. The average molecular weight is 285 g/mol. The molecule has 1 aromatic carbocycles. The predicted octanol–water partition coefficient (Wildman–Crippen LogP) is 2.05. The second-order valence-electron chi connectivity index (χ2n) is 5.06. The van der Waals surface area contributed by atoms with Crippen molar-refractivity contribution in [3.05, 3.63) is 35.5 Å². The molecule has 21 heavy (non-hydrogen) atoms. The Hall–Kier alpha value is -2.43.